The predicted molar refractivity (Wildman–Crippen MR) is 125 cm³/mol. The van der Waals surface area contributed by atoms with Crippen LogP contribution in [0, 0.1) is 0 Å². The topological polar surface area (TPSA) is 102 Å². The van der Waals surface area contributed by atoms with Crippen molar-refractivity contribution in [3.63, 3.8) is 0 Å². The molecule has 8 nitrogen and oxygen atoms in total. The fourth-order valence-electron chi connectivity index (χ4n) is 2.86. The Labute approximate surface area is 196 Å². The molecule has 33 heavy (non-hydrogen) atoms. The van der Waals surface area contributed by atoms with Crippen molar-refractivity contribution in [3.05, 3.63) is 83.4 Å². The number of hydrogen-bond acceptors (Lipinski definition) is 6. The van der Waals surface area contributed by atoms with Crippen LogP contribution in [-0.4, -0.2) is 41.1 Å². The molecule has 1 amide bonds. The minimum absolute atomic E-state index is 0.00949. The van der Waals surface area contributed by atoms with Gasteiger partial charge in [-0.15, -0.1) is 0 Å². The number of nitrogens with zero attached hydrogens (tertiary/aromatic N) is 1. The Morgan fingerprint density at radius 1 is 1.00 bits per heavy atom. The molecule has 1 N–H and O–H groups in total. The van der Waals surface area contributed by atoms with Crippen LogP contribution in [0.3, 0.4) is 0 Å². The highest BCUT2D eigenvalue weighted by Gasteiger charge is 2.23. The van der Waals surface area contributed by atoms with Gasteiger partial charge < -0.3 is 14.8 Å². The van der Waals surface area contributed by atoms with E-state index in [4.69, 9.17) is 21.1 Å². The van der Waals surface area contributed by atoms with Gasteiger partial charge in [0, 0.05) is 23.8 Å². The van der Waals surface area contributed by atoms with Crippen molar-refractivity contribution in [2.75, 3.05) is 30.4 Å². The van der Waals surface area contributed by atoms with Crippen LogP contribution in [0.5, 0.6) is 5.75 Å². The molecule has 0 saturated carbocycles. The third-order valence-corrected chi connectivity index (χ3v) is 6.60. The summed E-state index contributed by atoms with van der Waals surface area (Å²) in [4.78, 5) is 24.4. The first-order valence-corrected chi connectivity index (χ1v) is 11.5. The lowest BCUT2D eigenvalue weighted by atomic mass is 10.2. The lowest BCUT2D eigenvalue weighted by Crippen LogP contribution is -2.27. The molecule has 3 aromatic carbocycles. The molecule has 0 heterocycles. The van der Waals surface area contributed by atoms with Crippen LogP contribution < -0.4 is 14.4 Å². The Hall–Kier alpha value is -3.56. The maximum absolute atomic E-state index is 13.0. The van der Waals surface area contributed by atoms with Crippen molar-refractivity contribution in [2.45, 2.75) is 4.90 Å². The van der Waals surface area contributed by atoms with E-state index in [1.54, 1.807) is 42.5 Å². The summed E-state index contributed by atoms with van der Waals surface area (Å²) in [6, 6.07) is 18.5. The molecule has 0 unspecified atom stereocenters. The zero-order chi connectivity index (χ0) is 24.0. The average molecular weight is 489 g/mol. The van der Waals surface area contributed by atoms with E-state index in [0.29, 0.717) is 22.1 Å². The standard InChI is InChI=1S/C23H21ClN2O6S/c1-26(19-9-4-7-17(24)13-19)33(29,30)21-11-3-6-16(12-21)23(28)32-15-22(27)25-18-8-5-10-20(14-18)31-2/h3-14H,15H2,1-2H3,(H,25,27). The van der Waals surface area contributed by atoms with Crippen molar-refractivity contribution in [3.8, 4) is 5.75 Å². The molecule has 0 bridgehead atoms. The Morgan fingerprint density at radius 3 is 2.45 bits per heavy atom. The molecular weight excluding hydrogens is 468 g/mol. The number of carbonyl (C=O) groups is 2. The maximum Gasteiger partial charge on any atom is 0.338 e. The number of methoxy groups -OCH3 is 1. The first kappa shape index (κ1) is 24.1. The fraction of sp³-hybridized carbons (Fsp3) is 0.130. The summed E-state index contributed by atoms with van der Waals surface area (Å²) < 4.78 is 37.2. The molecule has 10 heteroatoms. The maximum atomic E-state index is 13.0. The number of sulfonamides is 1. The van der Waals surface area contributed by atoms with Crippen molar-refractivity contribution < 1.29 is 27.5 Å². The molecule has 0 radical (unpaired) electrons. The molecule has 0 aromatic heterocycles. The lowest BCUT2D eigenvalue weighted by molar-refractivity contribution is -0.119. The van der Waals surface area contributed by atoms with Gasteiger partial charge in [0.15, 0.2) is 6.61 Å². The summed E-state index contributed by atoms with van der Waals surface area (Å²) in [5, 5.41) is 2.98. The molecule has 0 aliphatic carbocycles. The third-order valence-electron chi connectivity index (χ3n) is 4.59. The van der Waals surface area contributed by atoms with Gasteiger partial charge in [-0.05, 0) is 48.5 Å². The van der Waals surface area contributed by atoms with Crippen LogP contribution in [0.25, 0.3) is 0 Å². The van der Waals surface area contributed by atoms with Crippen LogP contribution in [0.4, 0.5) is 11.4 Å². The molecule has 172 valence electrons. The van der Waals surface area contributed by atoms with Gasteiger partial charge in [-0.25, -0.2) is 13.2 Å². The second-order valence-electron chi connectivity index (χ2n) is 6.84. The molecule has 0 spiro atoms. The summed E-state index contributed by atoms with van der Waals surface area (Å²) in [6.07, 6.45) is 0. The van der Waals surface area contributed by atoms with Crippen LogP contribution in [0.2, 0.25) is 5.02 Å². The van der Waals surface area contributed by atoms with Crippen molar-refractivity contribution in [1.29, 1.82) is 0 Å². The molecular formula is C23H21ClN2O6S. The Kier molecular flexibility index (Phi) is 7.57. The first-order valence-electron chi connectivity index (χ1n) is 9.66. The van der Waals surface area contributed by atoms with E-state index in [0.717, 1.165) is 4.31 Å². The molecule has 0 fully saturated rings. The number of nitrogens with one attached hydrogen (secondary N) is 1. The minimum Gasteiger partial charge on any atom is -0.497 e. The number of amides is 1. The highest BCUT2D eigenvalue weighted by atomic mass is 35.5. The lowest BCUT2D eigenvalue weighted by Gasteiger charge is -2.20. The van der Waals surface area contributed by atoms with Crippen LogP contribution in [0.1, 0.15) is 10.4 Å². The Bertz CT molecular complexity index is 1280. The van der Waals surface area contributed by atoms with E-state index >= 15 is 0 Å². The van der Waals surface area contributed by atoms with Gasteiger partial charge in [-0.2, -0.15) is 0 Å². The quantitative estimate of drug-likeness (QED) is 0.481. The van der Waals surface area contributed by atoms with Gasteiger partial charge in [0.2, 0.25) is 0 Å². The summed E-state index contributed by atoms with van der Waals surface area (Å²) in [6.45, 7) is -0.546. The van der Waals surface area contributed by atoms with Gasteiger partial charge in [0.1, 0.15) is 5.75 Å². The number of rotatable bonds is 8. The van der Waals surface area contributed by atoms with Gasteiger partial charge in [-0.3, -0.25) is 9.10 Å². The SMILES string of the molecule is COc1cccc(NC(=O)COC(=O)c2cccc(S(=O)(=O)N(C)c3cccc(Cl)c3)c2)c1. The summed E-state index contributed by atoms with van der Waals surface area (Å²) in [5.41, 5.74) is 0.835. The summed E-state index contributed by atoms with van der Waals surface area (Å²) >= 11 is 5.96. The monoisotopic (exact) mass is 488 g/mol. The fourth-order valence-corrected chi connectivity index (χ4v) is 4.28. The second kappa shape index (κ2) is 10.4. The Morgan fingerprint density at radius 2 is 1.73 bits per heavy atom. The highest BCUT2D eigenvalue weighted by molar-refractivity contribution is 7.92. The molecule has 3 rings (SSSR count). The minimum atomic E-state index is -3.97. The van der Waals surface area contributed by atoms with Crippen molar-refractivity contribution in [1.82, 2.24) is 0 Å². The van der Waals surface area contributed by atoms with E-state index in [9.17, 15) is 18.0 Å². The van der Waals surface area contributed by atoms with Gasteiger partial charge >= 0.3 is 5.97 Å². The molecule has 0 aliphatic heterocycles. The zero-order valence-corrected chi connectivity index (χ0v) is 19.4. The smallest absolute Gasteiger partial charge is 0.338 e. The second-order valence-corrected chi connectivity index (χ2v) is 9.24. The number of hydrogen-bond donors (Lipinski definition) is 1. The van der Waals surface area contributed by atoms with E-state index < -0.39 is 28.5 Å². The number of anilines is 2. The molecule has 0 aliphatic rings. The number of ether oxygens (including phenoxy) is 2. The van der Waals surface area contributed by atoms with E-state index in [1.807, 2.05) is 0 Å². The van der Waals surface area contributed by atoms with E-state index in [-0.39, 0.29) is 10.5 Å². The summed E-state index contributed by atoms with van der Waals surface area (Å²) in [5.74, 6) is -0.829. The number of esters is 1. The molecule has 3 aromatic rings. The highest BCUT2D eigenvalue weighted by Crippen LogP contribution is 2.25. The number of halogens is 1. The number of benzene rings is 3. The summed E-state index contributed by atoms with van der Waals surface area (Å²) in [7, 11) is -1.08. The normalized spacial score (nSPS) is 10.9. The zero-order valence-electron chi connectivity index (χ0n) is 17.8. The van der Waals surface area contributed by atoms with Gasteiger partial charge in [-0.1, -0.05) is 29.8 Å². The van der Waals surface area contributed by atoms with Crippen LogP contribution in [0.15, 0.2) is 77.7 Å². The van der Waals surface area contributed by atoms with E-state index in [1.165, 1.54) is 44.5 Å². The van der Waals surface area contributed by atoms with Crippen molar-refractivity contribution in [2.24, 2.45) is 0 Å². The van der Waals surface area contributed by atoms with Gasteiger partial charge in [0.05, 0.1) is 23.3 Å². The molecule has 0 atom stereocenters. The predicted octanol–water partition coefficient (Wildman–Crippen LogP) is 3.97. The van der Waals surface area contributed by atoms with Crippen LogP contribution >= 0.6 is 11.6 Å². The Balaban J connectivity index is 1.68. The van der Waals surface area contributed by atoms with E-state index in [2.05, 4.69) is 5.32 Å². The third kappa shape index (κ3) is 6.03. The number of carbonyl (C=O) groups excluding carboxylic acids is 2. The van der Waals surface area contributed by atoms with Crippen molar-refractivity contribution >= 4 is 44.9 Å². The van der Waals surface area contributed by atoms with Crippen LogP contribution in [-0.2, 0) is 19.6 Å². The first-order chi connectivity index (χ1) is 15.7. The van der Waals surface area contributed by atoms with Gasteiger partial charge in [0.25, 0.3) is 15.9 Å². The largest absolute Gasteiger partial charge is 0.497 e. The average Bonchev–Trinajstić information content (AvgIpc) is 2.82. The molecule has 0 saturated heterocycles.